The zero-order valence-electron chi connectivity index (χ0n) is 12.0. The maximum atomic E-state index is 6.13. The Morgan fingerprint density at radius 2 is 1.95 bits per heavy atom. The van der Waals surface area contributed by atoms with E-state index in [0.717, 1.165) is 37.8 Å². The summed E-state index contributed by atoms with van der Waals surface area (Å²) in [5.74, 6) is 1.38. The Kier molecular flexibility index (Phi) is 9.21. The molecule has 2 aromatic rings. The Bertz CT molecular complexity index is 580. The molecule has 0 unspecified atom stereocenters. The topological polar surface area (TPSA) is 66.6 Å². The largest absolute Gasteiger partial charge is 1.00 e. The molecule has 122 valence electrons. The van der Waals surface area contributed by atoms with Crippen LogP contribution in [0.2, 0.25) is 10.0 Å². The van der Waals surface area contributed by atoms with Crippen molar-refractivity contribution in [2.45, 2.75) is 36.7 Å². The smallest absolute Gasteiger partial charge is 0.276 e. The van der Waals surface area contributed by atoms with E-state index in [0.29, 0.717) is 26.9 Å². The monoisotopic (exact) mass is 381 g/mol. The number of hydrogen-bond donors (Lipinski definition) is 1. The third-order valence-electron chi connectivity index (χ3n) is 2.96. The van der Waals surface area contributed by atoms with Gasteiger partial charge in [0.05, 0.1) is 6.54 Å². The van der Waals surface area contributed by atoms with Crippen molar-refractivity contribution in [3.63, 3.8) is 0 Å². The zero-order chi connectivity index (χ0) is 15.1. The van der Waals surface area contributed by atoms with Gasteiger partial charge in [0.2, 0.25) is 5.89 Å². The summed E-state index contributed by atoms with van der Waals surface area (Å²) in [5, 5.41) is 9.97. The van der Waals surface area contributed by atoms with Crippen LogP contribution in [-0.4, -0.2) is 16.7 Å². The highest BCUT2D eigenvalue weighted by molar-refractivity contribution is 7.98. The molecule has 22 heavy (non-hydrogen) atoms. The molecule has 8 heteroatoms. The number of thioether (sulfide) groups is 1. The summed E-state index contributed by atoms with van der Waals surface area (Å²) in [7, 11) is 0. The normalized spacial score (nSPS) is 10.5. The Hall–Kier alpha value is -0.460. The number of halogens is 3. The van der Waals surface area contributed by atoms with Crippen molar-refractivity contribution >= 4 is 35.0 Å². The molecule has 4 nitrogen and oxygen atoms in total. The Labute approximate surface area is 150 Å². The molecule has 0 saturated carbocycles. The van der Waals surface area contributed by atoms with Crippen molar-refractivity contribution in [2.24, 2.45) is 0 Å². The van der Waals surface area contributed by atoms with Crippen molar-refractivity contribution in [3.8, 4) is 0 Å². The van der Waals surface area contributed by atoms with Gasteiger partial charge in [-0.1, -0.05) is 41.0 Å². The number of quaternary nitrogens is 1. The fourth-order valence-corrected chi connectivity index (χ4v) is 3.14. The van der Waals surface area contributed by atoms with Crippen molar-refractivity contribution in [2.75, 3.05) is 6.54 Å². The second-order valence-corrected chi connectivity index (χ2v) is 6.42. The fourth-order valence-electron chi connectivity index (χ4n) is 1.81. The van der Waals surface area contributed by atoms with Crippen LogP contribution in [0.3, 0.4) is 0 Å². The van der Waals surface area contributed by atoms with Gasteiger partial charge in [-0.05, 0) is 37.0 Å². The second kappa shape index (κ2) is 10.3. The first kappa shape index (κ1) is 19.6. The van der Waals surface area contributed by atoms with E-state index >= 15 is 0 Å². The molecule has 0 fully saturated rings. The Balaban J connectivity index is 0.00000242. The lowest BCUT2D eigenvalue weighted by molar-refractivity contribution is -0.368. The third-order valence-corrected chi connectivity index (χ3v) is 4.41. The number of rotatable bonds is 8. The lowest BCUT2D eigenvalue weighted by Gasteiger charge is -2.02. The third kappa shape index (κ3) is 6.34. The average molecular weight is 383 g/mol. The minimum atomic E-state index is 0. The number of hydrogen-bond acceptors (Lipinski definition) is 4. The molecule has 0 spiro atoms. The molecule has 0 saturated heterocycles. The SMILES string of the molecule is [Cl-].[NH3+]CCCCCc1nnc(SCc2ccc(Cl)cc2Cl)o1. The number of unbranched alkanes of at least 4 members (excludes halogenated alkanes) is 2. The standard InChI is InChI=1S/C14H17Cl2N3OS.ClH/c15-11-6-5-10(12(16)8-11)9-21-14-19-18-13(20-14)4-2-1-3-7-17;/h5-6,8H,1-4,7,9,17H2;1H. The van der Waals surface area contributed by atoms with Crippen LogP contribution in [0.5, 0.6) is 0 Å². The van der Waals surface area contributed by atoms with E-state index in [9.17, 15) is 0 Å². The van der Waals surface area contributed by atoms with Gasteiger partial charge in [0.1, 0.15) is 0 Å². The van der Waals surface area contributed by atoms with E-state index in [-0.39, 0.29) is 12.4 Å². The molecule has 0 aliphatic heterocycles. The number of benzene rings is 1. The minimum Gasteiger partial charge on any atom is -1.00 e. The van der Waals surface area contributed by atoms with E-state index in [1.165, 1.54) is 11.8 Å². The first-order valence-electron chi connectivity index (χ1n) is 6.87. The predicted molar refractivity (Wildman–Crippen MR) is 85.6 cm³/mol. The van der Waals surface area contributed by atoms with E-state index < -0.39 is 0 Å². The molecule has 2 rings (SSSR count). The molecule has 1 aromatic carbocycles. The summed E-state index contributed by atoms with van der Waals surface area (Å²) in [6, 6.07) is 5.47. The van der Waals surface area contributed by atoms with Crippen LogP contribution in [0, 0.1) is 0 Å². The number of nitrogens with zero attached hydrogens (tertiary/aromatic N) is 2. The molecule has 0 atom stereocenters. The molecular formula is C14H18Cl3N3OS. The fraction of sp³-hybridized carbons (Fsp3) is 0.429. The van der Waals surface area contributed by atoms with Crippen LogP contribution in [0.15, 0.2) is 27.8 Å². The maximum Gasteiger partial charge on any atom is 0.276 e. The van der Waals surface area contributed by atoms with Crippen molar-refractivity contribution in [1.82, 2.24) is 10.2 Å². The highest BCUT2D eigenvalue weighted by atomic mass is 35.5. The first-order valence-corrected chi connectivity index (χ1v) is 8.61. The maximum absolute atomic E-state index is 6.13. The molecule has 0 aliphatic carbocycles. The molecule has 0 bridgehead atoms. The first-order chi connectivity index (χ1) is 10.2. The quantitative estimate of drug-likeness (QED) is 0.537. The van der Waals surface area contributed by atoms with Crippen LogP contribution in [0.1, 0.15) is 30.7 Å². The summed E-state index contributed by atoms with van der Waals surface area (Å²) in [4.78, 5) is 0. The lowest BCUT2D eigenvalue weighted by atomic mass is 10.2. The number of aromatic nitrogens is 2. The van der Waals surface area contributed by atoms with Gasteiger partial charge in [0.15, 0.2) is 0 Å². The van der Waals surface area contributed by atoms with Crippen LogP contribution >= 0.6 is 35.0 Å². The molecule has 1 heterocycles. The van der Waals surface area contributed by atoms with E-state index in [4.69, 9.17) is 27.6 Å². The van der Waals surface area contributed by atoms with E-state index in [2.05, 4.69) is 15.9 Å². The van der Waals surface area contributed by atoms with Crippen molar-refractivity contribution in [3.05, 3.63) is 39.7 Å². The van der Waals surface area contributed by atoms with Crippen LogP contribution in [-0.2, 0) is 12.2 Å². The average Bonchev–Trinajstić information content (AvgIpc) is 2.91. The summed E-state index contributed by atoms with van der Waals surface area (Å²) in [6.45, 7) is 0.979. The van der Waals surface area contributed by atoms with Crippen molar-refractivity contribution in [1.29, 1.82) is 0 Å². The lowest BCUT2D eigenvalue weighted by Crippen LogP contribution is -3.00. The zero-order valence-corrected chi connectivity index (χ0v) is 15.1. The molecule has 0 radical (unpaired) electrons. The van der Waals surface area contributed by atoms with Gasteiger partial charge in [-0.25, -0.2) is 0 Å². The number of aryl methyl sites for hydroxylation is 1. The Morgan fingerprint density at radius 1 is 1.14 bits per heavy atom. The van der Waals surface area contributed by atoms with E-state index in [1.807, 2.05) is 12.1 Å². The van der Waals surface area contributed by atoms with Crippen molar-refractivity contribution < 1.29 is 22.6 Å². The molecular weight excluding hydrogens is 365 g/mol. The van der Waals surface area contributed by atoms with Gasteiger partial charge in [0, 0.05) is 22.2 Å². The highest BCUT2D eigenvalue weighted by Crippen LogP contribution is 2.28. The van der Waals surface area contributed by atoms with Crippen LogP contribution in [0.25, 0.3) is 0 Å². The van der Waals surface area contributed by atoms with Gasteiger partial charge in [-0.3, -0.25) is 0 Å². The van der Waals surface area contributed by atoms with Crippen LogP contribution < -0.4 is 18.1 Å². The summed E-state index contributed by atoms with van der Waals surface area (Å²) < 4.78 is 5.61. The van der Waals surface area contributed by atoms with Gasteiger partial charge in [-0.2, -0.15) is 0 Å². The van der Waals surface area contributed by atoms with Gasteiger partial charge < -0.3 is 22.6 Å². The van der Waals surface area contributed by atoms with Gasteiger partial charge in [0.25, 0.3) is 5.22 Å². The second-order valence-electron chi connectivity index (χ2n) is 4.65. The molecule has 1 aromatic heterocycles. The minimum absolute atomic E-state index is 0. The summed E-state index contributed by atoms with van der Waals surface area (Å²) in [5.41, 5.74) is 4.83. The highest BCUT2D eigenvalue weighted by Gasteiger charge is 2.08. The molecule has 0 aliphatic rings. The molecule has 3 N–H and O–H groups in total. The Morgan fingerprint density at radius 3 is 2.68 bits per heavy atom. The predicted octanol–water partition coefficient (Wildman–Crippen LogP) is 0.627. The summed E-state index contributed by atoms with van der Waals surface area (Å²) in [6.07, 6.45) is 4.18. The molecule has 0 amide bonds. The van der Waals surface area contributed by atoms with Crippen LogP contribution in [0.4, 0.5) is 0 Å². The van der Waals surface area contributed by atoms with Gasteiger partial charge >= 0.3 is 0 Å². The van der Waals surface area contributed by atoms with E-state index in [1.54, 1.807) is 6.07 Å². The summed E-state index contributed by atoms with van der Waals surface area (Å²) >= 11 is 13.5. The van der Waals surface area contributed by atoms with Gasteiger partial charge in [-0.15, -0.1) is 10.2 Å².